The van der Waals surface area contributed by atoms with Crippen molar-refractivity contribution in [3.63, 3.8) is 0 Å². The normalized spacial score (nSPS) is 18.6. The molecule has 104 valence electrons. The van der Waals surface area contributed by atoms with Gasteiger partial charge in [0.15, 0.2) is 0 Å². The van der Waals surface area contributed by atoms with Crippen LogP contribution in [0.4, 0.5) is 5.95 Å². The van der Waals surface area contributed by atoms with Crippen LogP contribution in [0, 0.1) is 13.8 Å². The Labute approximate surface area is 119 Å². The van der Waals surface area contributed by atoms with Crippen LogP contribution in [0.3, 0.4) is 0 Å². The predicted octanol–water partition coefficient (Wildman–Crippen LogP) is 2.33. The summed E-state index contributed by atoms with van der Waals surface area (Å²) in [6.07, 6.45) is 4.28. The Hall–Kier alpha value is -1.94. The Morgan fingerprint density at radius 3 is 2.60 bits per heavy atom. The van der Waals surface area contributed by atoms with E-state index in [1.807, 2.05) is 17.3 Å². The Kier molecular flexibility index (Phi) is 3.40. The molecule has 4 nitrogen and oxygen atoms in total. The highest BCUT2D eigenvalue weighted by molar-refractivity contribution is 5.66. The first-order valence-corrected chi connectivity index (χ1v) is 6.96. The third kappa shape index (κ3) is 2.51. The standard InChI is InChI=1S/C16H19N3O/c1-11-3-4-12(2)15(7-11)13-8-17-16(18-9-13)19-6-5-14(20)10-19/h3-4,7-9,14,20H,5-6,10H2,1-2H3. The van der Waals surface area contributed by atoms with Crippen LogP contribution in [-0.2, 0) is 0 Å². The van der Waals surface area contributed by atoms with E-state index in [9.17, 15) is 5.11 Å². The van der Waals surface area contributed by atoms with E-state index < -0.39 is 0 Å². The summed E-state index contributed by atoms with van der Waals surface area (Å²) < 4.78 is 0. The number of rotatable bonds is 2. The minimum atomic E-state index is -0.253. The number of aliphatic hydroxyl groups is 1. The fourth-order valence-electron chi connectivity index (χ4n) is 2.59. The summed E-state index contributed by atoms with van der Waals surface area (Å²) in [6, 6.07) is 6.39. The lowest BCUT2D eigenvalue weighted by Gasteiger charge is -2.15. The molecule has 2 aromatic rings. The second-order valence-electron chi connectivity index (χ2n) is 5.48. The number of benzene rings is 1. The predicted molar refractivity (Wildman–Crippen MR) is 79.8 cm³/mol. The molecule has 2 heterocycles. The van der Waals surface area contributed by atoms with E-state index in [1.54, 1.807) is 0 Å². The van der Waals surface area contributed by atoms with Crippen molar-refractivity contribution >= 4 is 5.95 Å². The van der Waals surface area contributed by atoms with Gasteiger partial charge in [-0.05, 0) is 31.4 Å². The highest BCUT2D eigenvalue weighted by Gasteiger charge is 2.22. The van der Waals surface area contributed by atoms with Gasteiger partial charge in [0, 0.05) is 31.0 Å². The van der Waals surface area contributed by atoms with Crippen molar-refractivity contribution in [3.8, 4) is 11.1 Å². The molecule has 0 aliphatic carbocycles. The Balaban J connectivity index is 1.87. The molecule has 20 heavy (non-hydrogen) atoms. The summed E-state index contributed by atoms with van der Waals surface area (Å²) in [5, 5.41) is 9.56. The lowest BCUT2D eigenvalue weighted by Crippen LogP contribution is -2.23. The van der Waals surface area contributed by atoms with E-state index in [4.69, 9.17) is 0 Å². The van der Waals surface area contributed by atoms with Crippen molar-refractivity contribution in [2.45, 2.75) is 26.4 Å². The minimum Gasteiger partial charge on any atom is -0.391 e. The summed E-state index contributed by atoms with van der Waals surface area (Å²) in [5.74, 6) is 0.704. The second kappa shape index (κ2) is 5.21. The first-order chi connectivity index (χ1) is 9.63. The smallest absolute Gasteiger partial charge is 0.225 e. The molecule has 0 amide bonds. The molecule has 1 fully saturated rings. The van der Waals surface area contributed by atoms with Gasteiger partial charge in [-0.25, -0.2) is 9.97 Å². The quantitative estimate of drug-likeness (QED) is 0.909. The number of hydrogen-bond donors (Lipinski definition) is 1. The van der Waals surface area contributed by atoms with Crippen LogP contribution >= 0.6 is 0 Å². The second-order valence-corrected chi connectivity index (χ2v) is 5.48. The molecule has 1 saturated heterocycles. The summed E-state index contributed by atoms with van der Waals surface area (Å²) >= 11 is 0. The minimum absolute atomic E-state index is 0.253. The molecule has 0 radical (unpaired) electrons. The van der Waals surface area contributed by atoms with Crippen LogP contribution in [0.2, 0.25) is 0 Å². The molecule has 1 aliphatic heterocycles. The molecule has 0 bridgehead atoms. The fourth-order valence-corrected chi connectivity index (χ4v) is 2.59. The fraction of sp³-hybridized carbons (Fsp3) is 0.375. The number of anilines is 1. The number of hydrogen-bond acceptors (Lipinski definition) is 4. The van der Waals surface area contributed by atoms with Gasteiger partial charge in [0.1, 0.15) is 0 Å². The number of aliphatic hydroxyl groups excluding tert-OH is 1. The molecular formula is C16H19N3O. The van der Waals surface area contributed by atoms with Crippen molar-refractivity contribution < 1.29 is 5.11 Å². The van der Waals surface area contributed by atoms with Crippen LogP contribution in [0.15, 0.2) is 30.6 Å². The largest absolute Gasteiger partial charge is 0.391 e. The zero-order valence-electron chi connectivity index (χ0n) is 11.9. The van der Waals surface area contributed by atoms with E-state index in [2.05, 4.69) is 42.0 Å². The van der Waals surface area contributed by atoms with E-state index in [0.29, 0.717) is 12.5 Å². The molecule has 1 unspecified atom stereocenters. The summed E-state index contributed by atoms with van der Waals surface area (Å²) in [6.45, 7) is 5.64. The van der Waals surface area contributed by atoms with Crippen molar-refractivity contribution in [2.75, 3.05) is 18.0 Å². The van der Waals surface area contributed by atoms with Gasteiger partial charge in [-0.3, -0.25) is 0 Å². The first kappa shape index (κ1) is 13.1. The molecule has 1 atom stereocenters. The van der Waals surface area contributed by atoms with Gasteiger partial charge in [0.25, 0.3) is 0 Å². The first-order valence-electron chi connectivity index (χ1n) is 6.96. The van der Waals surface area contributed by atoms with E-state index in [-0.39, 0.29) is 6.10 Å². The SMILES string of the molecule is Cc1ccc(C)c(-c2cnc(N3CCC(O)C3)nc2)c1. The average Bonchev–Trinajstić information content (AvgIpc) is 2.88. The van der Waals surface area contributed by atoms with Crippen molar-refractivity contribution in [1.82, 2.24) is 9.97 Å². The molecule has 3 rings (SSSR count). The maximum absolute atomic E-state index is 9.56. The molecule has 1 aromatic carbocycles. The number of β-amino-alcohol motifs (C(OH)–C–C–N with tert-alkyl or cyclic N) is 1. The lowest BCUT2D eigenvalue weighted by atomic mass is 10.0. The van der Waals surface area contributed by atoms with Gasteiger partial charge in [-0.2, -0.15) is 0 Å². The lowest BCUT2D eigenvalue weighted by molar-refractivity contribution is 0.198. The van der Waals surface area contributed by atoms with Crippen molar-refractivity contribution in [2.24, 2.45) is 0 Å². The summed E-state index contributed by atoms with van der Waals surface area (Å²) in [7, 11) is 0. The number of nitrogens with zero attached hydrogens (tertiary/aromatic N) is 3. The van der Waals surface area contributed by atoms with Crippen LogP contribution in [0.25, 0.3) is 11.1 Å². The van der Waals surface area contributed by atoms with E-state index in [0.717, 1.165) is 18.5 Å². The Bertz CT molecular complexity index is 610. The third-order valence-corrected chi connectivity index (χ3v) is 3.79. The summed E-state index contributed by atoms with van der Waals surface area (Å²) in [4.78, 5) is 10.9. The molecule has 0 spiro atoms. The van der Waals surface area contributed by atoms with Gasteiger partial charge in [-0.1, -0.05) is 23.8 Å². The number of aryl methyl sites for hydroxylation is 2. The van der Waals surface area contributed by atoms with Crippen molar-refractivity contribution in [3.05, 3.63) is 41.7 Å². The maximum Gasteiger partial charge on any atom is 0.225 e. The van der Waals surface area contributed by atoms with Crippen LogP contribution in [0.1, 0.15) is 17.5 Å². The van der Waals surface area contributed by atoms with E-state index in [1.165, 1.54) is 16.7 Å². The Morgan fingerprint density at radius 1 is 1.20 bits per heavy atom. The summed E-state index contributed by atoms with van der Waals surface area (Å²) in [5.41, 5.74) is 4.67. The third-order valence-electron chi connectivity index (χ3n) is 3.79. The molecule has 1 aliphatic rings. The van der Waals surface area contributed by atoms with Crippen LogP contribution < -0.4 is 4.90 Å². The zero-order chi connectivity index (χ0) is 14.1. The maximum atomic E-state index is 9.56. The monoisotopic (exact) mass is 269 g/mol. The molecule has 1 N–H and O–H groups in total. The average molecular weight is 269 g/mol. The molecular weight excluding hydrogens is 250 g/mol. The highest BCUT2D eigenvalue weighted by atomic mass is 16.3. The van der Waals surface area contributed by atoms with Crippen molar-refractivity contribution in [1.29, 1.82) is 0 Å². The molecule has 0 saturated carbocycles. The van der Waals surface area contributed by atoms with Gasteiger partial charge in [0.2, 0.25) is 5.95 Å². The van der Waals surface area contributed by atoms with Crippen LogP contribution in [0.5, 0.6) is 0 Å². The molecule has 4 heteroatoms. The van der Waals surface area contributed by atoms with Gasteiger partial charge in [0.05, 0.1) is 6.10 Å². The van der Waals surface area contributed by atoms with Gasteiger partial charge >= 0.3 is 0 Å². The topological polar surface area (TPSA) is 49.2 Å². The van der Waals surface area contributed by atoms with Gasteiger partial charge in [-0.15, -0.1) is 0 Å². The van der Waals surface area contributed by atoms with Crippen LogP contribution in [-0.4, -0.2) is 34.3 Å². The zero-order valence-corrected chi connectivity index (χ0v) is 11.9. The highest BCUT2D eigenvalue weighted by Crippen LogP contribution is 2.24. The van der Waals surface area contributed by atoms with E-state index >= 15 is 0 Å². The molecule has 1 aromatic heterocycles. The van der Waals surface area contributed by atoms with Gasteiger partial charge < -0.3 is 10.0 Å². The number of aromatic nitrogens is 2. The Morgan fingerprint density at radius 2 is 1.95 bits per heavy atom.